The van der Waals surface area contributed by atoms with Gasteiger partial charge in [0.1, 0.15) is 0 Å². The lowest BCUT2D eigenvalue weighted by Gasteiger charge is -2.31. The quantitative estimate of drug-likeness (QED) is 0.675. The van der Waals surface area contributed by atoms with E-state index < -0.39 is 0 Å². The predicted octanol–water partition coefficient (Wildman–Crippen LogP) is 1.54. The molecule has 0 aromatic heterocycles. The normalized spacial score (nSPS) is 33.2. The maximum Gasteiger partial charge on any atom is 0.0582 e. The average molecular weight is 171 g/mol. The molecule has 12 heavy (non-hydrogen) atoms. The first-order chi connectivity index (χ1) is 5.74. The van der Waals surface area contributed by atoms with E-state index in [2.05, 4.69) is 12.2 Å². The van der Waals surface area contributed by atoms with Crippen molar-refractivity contribution in [3.8, 4) is 0 Å². The number of aliphatic hydroxyl groups excluding tert-OH is 1. The largest absolute Gasteiger partial charge is 0.395 e. The molecule has 0 radical (unpaired) electrons. The van der Waals surface area contributed by atoms with E-state index >= 15 is 0 Å². The van der Waals surface area contributed by atoms with Crippen LogP contribution >= 0.6 is 0 Å². The molecule has 1 saturated carbocycles. The van der Waals surface area contributed by atoms with Gasteiger partial charge in [-0.25, -0.2) is 0 Å². The fourth-order valence-corrected chi connectivity index (χ4v) is 1.98. The number of nitrogens with one attached hydrogen (secondary N) is 1. The Morgan fingerprint density at radius 2 is 2.08 bits per heavy atom. The lowest BCUT2D eigenvalue weighted by atomic mass is 9.85. The van der Waals surface area contributed by atoms with E-state index in [0.29, 0.717) is 6.04 Å². The van der Waals surface area contributed by atoms with Crippen molar-refractivity contribution in [2.45, 2.75) is 51.6 Å². The molecule has 0 spiro atoms. The highest BCUT2D eigenvalue weighted by atomic mass is 16.3. The Labute approximate surface area is 75.4 Å². The summed E-state index contributed by atoms with van der Waals surface area (Å²) in [6.45, 7) is 4.60. The summed E-state index contributed by atoms with van der Waals surface area (Å²) in [5, 5.41) is 12.4. The van der Waals surface area contributed by atoms with Crippen molar-refractivity contribution in [3.63, 3.8) is 0 Å². The molecule has 0 heterocycles. The zero-order valence-electron chi connectivity index (χ0n) is 8.21. The van der Waals surface area contributed by atoms with Gasteiger partial charge >= 0.3 is 0 Å². The van der Waals surface area contributed by atoms with Gasteiger partial charge in [-0.15, -0.1) is 0 Å². The zero-order valence-corrected chi connectivity index (χ0v) is 8.21. The monoisotopic (exact) mass is 171 g/mol. The number of hydrogen-bond donors (Lipinski definition) is 2. The molecule has 0 aliphatic heterocycles. The first kappa shape index (κ1) is 10.0. The van der Waals surface area contributed by atoms with E-state index in [-0.39, 0.29) is 12.6 Å². The molecule has 0 bridgehead atoms. The Bertz CT molecular complexity index is 127. The summed E-state index contributed by atoms with van der Waals surface area (Å²) >= 11 is 0. The summed E-state index contributed by atoms with van der Waals surface area (Å²) < 4.78 is 0. The topological polar surface area (TPSA) is 32.3 Å². The van der Waals surface area contributed by atoms with Crippen LogP contribution in [0.1, 0.15) is 39.5 Å². The molecule has 2 heteroatoms. The predicted molar refractivity (Wildman–Crippen MR) is 51.1 cm³/mol. The van der Waals surface area contributed by atoms with Crippen LogP contribution in [-0.2, 0) is 0 Å². The van der Waals surface area contributed by atoms with Gasteiger partial charge in [0.25, 0.3) is 0 Å². The first-order valence-electron chi connectivity index (χ1n) is 5.11. The second kappa shape index (κ2) is 4.83. The molecule has 1 fully saturated rings. The lowest BCUT2D eigenvalue weighted by molar-refractivity contribution is 0.204. The summed E-state index contributed by atoms with van der Waals surface area (Å²) in [7, 11) is 0. The SMILES string of the molecule is C[C@H](CO)N[C@H]1CCCC[C@@H]1C. The van der Waals surface area contributed by atoms with E-state index in [4.69, 9.17) is 5.11 Å². The highest BCUT2D eigenvalue weighted by molar-refractivity contribution is 4.79. The van der Waals surface area contributed by atoms with Crippen LogP contribution in [0.2, 0.25) is 0 Å². The minimum absolute atomic E-state index is 0.253. The number of hydrogen-bond acceptors (Lipinski definition) is 2. The smallest absolute Gasteiger partial charge is 0.0582 e. The van der Waals surface area contributed by atoms with Crippen molar-refractivity contribution >= 4 is 0 Å². The molecule has 3 atom stereocenters. The number of aliphatic hydroxyl groups is 1. The highest BCUT2D eigenvalue weighted by Crippen LogP contribution is 2.23. The second-order valence-corrected chi connectivity index (χ2v) is 4.12. The minimum Gasteiger partial charge on any atom is -0.395 e. The Kier molecular flexibility index (Phi) is 4.02. The number of rotatable bonds is 3. The molecular weight excluding hydrogens is 150 g/mol. The molecule has 0 aromatic rings. The summed E-state index contributed by atoms with van der Waals surface area (Å²) in [5.41, 5.74) is 0. The molecular formula is C10H21NO. The van der Waals surface area contributed by atoms with Gasteiger partial charge in [0.15, 0.2) is 0 Å². The van der Waals surface area contributed by atoms with Crippen molar-refractivity contribution in [1.82, 2.24) is 5.32 Å². The standard InChI is InChI=1S/C10H21NO/c1-8-5-3-4-6-10(8)11-9(2)7-12/h8-12H,3-7H2,1-2H3/t8-,9+,10-/m0/s1. The Morgan fingerprint density at radius 1 is 1.42 bits per heavy atom. The van der Waals surface area contributed by atoms with Gasteiger partial charge in [0.05, 0.1) is 6.61 Å². The lowest BCUT2D eigenvalue weighted by Crippen LogP contribution is -2.43. The van der Waals surface area contributed by atoms with Gasteiger partial charge in [-0.05, 0) is 25.7 Å². The van der Waals surface area contributed by atoms with Crippen LogP contribution in [0.4, 0.5) is 0 Å². The van der Waals surface area contributed by atoms with E-state index in [1.165, 1.54) is 25.7 Å². The summed E-state index contributed by atoms with van der Waals surface area (Å²) in [6.07, 6.45) is 5.36. The van der Waals surface area contributed by atoms with Crippen molar-refractivity contribution in [2.24, 2.45) is 5.92 Å². The fourth-order valence-electron chi connectivity index (χ4n) is 1.98. The molecule has 72 valence electrons. The van der Waals surface area contributed by atoms with Gasteiger partial charge in [0, 0.05) is 12.1 Å². The van der Waals surface area contributed by atoms with Crippen molar-refractivity contribution in [3.05, 3.63) is 0 Å². The summed E-state index contributed by atoms with van der Waals surface area (Å²) in [5.74, 6) is 0.785. The van der Waals surface area contributed by atoms with Crippen LogP contribution < -0.4 is 5.32 Å². The van der Waals surface area contributed by atoms with Crippen molar-refractivity contribution in [2.75, 3.05) is 6.61 Å². The molecule has 0 saturated heterocycles. The Morgan fingerprint density at radius 3 is 2.67 bits per heavy atom. The van der Waals surface area contributed by atoms with Crippen molar-refractivity contribution < 1.29 is 5.11 Å². The van der Waals surface area contributed by atoms with Gasteiger partial charge in [-0.1, -0.05) is 19.8 Å². The third kappa shape index (κ3) is 2.76. The van der Waals surface area contributed by atoms with E-state index in [1.54, 1.807) is 0 Å². The molecule has 0 aromatic carbocycles. The van der Waals surface area contributed by atoms with Crippen LogP contribution in [0, 0.1) is 5.92 Å². The van der Waals surface area contributed by atoms with Crippen LogP contribution in [0.5, 0.6) is 0 Å². The maximum absolute atomic E-state index is 8.89. The van der Waals surface area contributed by atoms with Crippen molar-refractivity contribution in [1.29, 1.82) is 0 Å². The third-order valence-electron chi connectivity index (χ3n) is 2.88. The molecule has 1 aliphatic carbocycles. The molecule has 0 unspecified atom stereocenters. The second-order valence-electron chi connectivity index (χ2n) is 4.12. The van der Waals surface area contributed by atoms with Gasteiger partial charge in [-0.2, -0.15) is 0 Å². The highest BCUT2D eigenvalue weighted by Gasteiger charge is 2.21. The van der Waals surface area contributed by atoms with Gasteiger partial charge < -0.3 is 10.4 Å². The summed E-state index contributed by atoms with van der Waals surface area (Å²) in [6, 6.07) is 0.899. The summed E-state index contributed by atoms with van der Waals surface area (Å²) in [4.78, 5) is 0. The maximum atomic E-state index is 8.89. The van der Waals surface area contributed by atoms with Crippen LogP contribution in [0.25, 0.3) is 0 Å². The third-order valence-corrected chi connectivity index (χ3v) is 2.88. The van der Waals surface area contributed by atoms with Gasteiger partial charge in [-0.3, -0.25) is 0 Å². The molecule has 2 N–H and O–H groups in total. The van der Waals surface area contributed by atoms with Gasteiger partial charge in [0.2, 0.25) is 0 Å². The van der Waals surface area contributed by atoms with Crippen LogP contribution in [0.3, 0.4) is 0 Å². The van der Waals surface area contributed by atoms with E-state index in [9.17, 15) is 0 Å². The minimum atomic E-state index is 0.253. The van der Waals surface area contributed by atoms with E-state index in [1.807, 2.05) is 6.92 Å². The fraction of sp³-hybridized carbons (Fsp3) is 1.00. The molecule has 2 nitrogen and oxygen atoms in total. The molecule has 1 aliphatic rings. The van der Waals surface area contributed by atoms with E-state index in [0.717, 1.165) is 5.92 Å². The average Bonchev–Trinajstić information content (AvgIpc) is 2.09. The van der Waals surface area contributed by atoms with Crippen LogP contribution in [-0.4, -0.2) is 23.8 Å². The first-order valence-corrected chi connectivity index (χ1v) is 5.11. The molecule has 1 rings (SSSR count). The Balaban J connectivity index is 2.28. The zero-order chi connectivity index (χ0) is 8.97. The van der Waals surface area contributed by atoms with Crippen LogP contribution in [0.15, 0.2) is 0 Å². The molecule has 0 amide bonds. The Hall–Kier alpha value is -0.0800.